The van der Waals surface area contributed by atoms with Crippen LogP contribution in [0.2, 0.25) is 0 Å². The van der Waals surface area contributed by atoms with Gasteiger partial charge in [-0.15, -0.1) is 0 Å². The average molecular weight is 409 g/mol. The molecule has 1 aromatic heterocycles. The molecule has 1 N–H and O–H groups in total. The number of nitrogens with one attached hydrogen (secondary N) is 1. The molecule has 158 valence electrons. The molecule has 7 nitrogen and oxygen atoms in total. The first-order valence-electron chi connectivity index (χ1n) is 10.8. The Hall–Kier alpha value is -2.67. The monoisotopic (exact) mass is 408 g/mol. The smallest absolute Gasteiger partial charge is 0.410 e. The van der Waals surface area contributed by atoms with Gasteiger partial charge in [-0.1, -0.05) is 48.1 Å². The van der Waals surface area contributed by atoms with Crippen molar-refractivity contribution in [1.82, 2.24) is 20.4 Å². The molecule has 5 rings (SSSR count). The lowest BCUT2D eigenvalue weighted by Crippen LogP contribution is -2.40. The van der Waals surface area contributed by atoms with Gasteiger partial charge in [-0.3, -0.25) is 0 Å². The molecule has 1 aliphatic heterocycles. The van der Waals surface area contributed by atoms with Gasteiger partial charge in [-0.2, -0.15) is 4.98 Å². The Kier molecular flexibility index (Phi) is 5.06. The third kappa shape index (κ3) is 3.74. The van der Waals surface area contributed by atoms with E-state index in [0.29, 0.717) is 18.4 Å². The van der Waals surface area contributed by atoms with Crippen LogP contribution < -0.4 is 5.32 Å². The van der Waals surface area contributed by atoms with E-state index < -0.39 is 0 Å². The summed E-state index contributed by atoms with van der Waals surface area (Å²) in [6, 6.07) is 10.5. The summed E-state index contributed by atoms with van der Waals surface area (Å²) < 4.78 is 11.0. The van der Waals surface area contributed by atoms with Gasteiger partial charge in [0.15, 0.2) is 5.82 Å². The number of rotatable bonds is 8. The molecule has 2 saturated carbocycles. The maximum atomic E-state index is 12.9. The minimum atomic E-state index is -0.284. The molecule has 2 heterocycles. The van der Waals surface area contributed by atoms with Crippen molar-refractivity contribution in [1.29, 1.82) is 0 Å². The number of benzene rings is 1. The lowest BCUT2D eigenvalue weighted by molar-refractivity contribution is 0.104. The molecule has 3 aliphatic rings. The van der Waals surface area contributed by atoms with E-state index >= 15 is 0 Å². The summed E-state index contributed by atoms with van der Waals surface area (Å²) in [5, 5.41) is 7.66. The predicted molar refractivity (Wildman–Crippen MR) is 111 cm³/mol. The van der Waals surface area contributed by atoms with E-state index in [0.717, 1.165) is 50.5 Å². The highest BCUT2D eigenvalue weighted by molar-refractivity contribution is 5.69. The normalized spacial score (nSPS) is 26.2. The van der Waals surface area contributed by atoms with Gasteiger partial charge < -0.3 is 19.5 Å². The van der Waals surface area contributed by atoms with Gasteiger partial charge in [0, 0.05) is 25.0 Å². The molecule has 1 aromatic carbocycles. The summed E-state index contributed by atoms with van der Waals surface area (Å²) in [6.45, 7) is 6.31. The van der Waals surface area contributed by atoms with Gasteiger partial charge in [0.2, 0.25) is 5.89 Å². The number of aromatic nitrogens is 2. The first-order valence-corrected chi connectivity index (χ1v) is 10.8. The fourth-order valence-electron chi connectivity index (χ4n) is 4.53. The van der Waals surface area contributed by atoms with Crippen LogP contribution in [0.1, 0.15) is 54.8 Å². The fraction of sp³-hybridized carbons (Fsp3) is 0.522. The van der Waals surface area contributed by atoms with Gasteiger partial charge in [0.05, 0.1) is 11.3 Å². The fourth-order valence-corrected chi connectivity index (χ4v) is 4.53. The van der Waals surface area contributed by atoms with Crippen LogP contribution >= 0.6 is 0 Å². The van der Waals surface area contributed by atoms with Gasteiger partial charge in [-0.05, 0) is 37.8 Å². The number of hydrogen-bond donors (Lipinski definition) is 1. The first kappa shape index (κ1) is 19.3. The summed E-state index contributed by atoms with van der Waals surface area (Å²) in [4.78, 5) is 19.5. The molecule has 2 aromatic rings. The van der Waals surface area contributed by atoms with Crippen LogP contribution in [0.4, 0.5) is 4.79 Å². The molecule has 0 radical (unpaired) electrons. The minimum Gasteiger partial charge on any atom is -0.445 e. The van der Waals surface area contributed by atoms with Crippen molar-refractivity contribution in [3.8, 4) is 0 Å². The number of carbonyl (C=O) groups excluding carboxylic acids is 1. The number of carbonyl (C=O) groups is 1. The standard InChI is InChI=1S/C23H28N4O3/c1-2-12-29-22(28)27(19-13-18(19)16-6-4-3-5-7-16)15-23(9-10-23)21-25-20(30-26-21)17-8-11-24-14-17/h2-7,17-19,24H,1,8-15H2/t17?,18-,19?/m1/s1. The zero-order valence-electron chi connectivity index (χ0n) is 17.1. The maximum Gasteiger partial charge on any atom is 0.410 e. The van der Waals surface area contributed by atoms with E-state index in [1.807, 2.05) is 23.1 Å². The number of nitrogens with zero attached hydrogens (tertiary/aromatic N) is 3. The highest BCUT2D eigenvalue weighted by atomic mass is 16.6. The molecule has 1 saturated heterocycles. The van der Waals surface area contributed by atoms with Gasteiger partial charge in [0.25, 0.3) is 0 Å². The van der Waals surface area contributed by atoms with Crippen LogP contribution in [0.3, 0.4) is 0 Å². The number of amides is 1. The highest BCUT2D eigenvalue weighted by Crippen LogP contribution is 2.51. The van der Waals surface area contributed by atoms with Crippen molar-refractivity contribution in [2.45, 2.75) is 49.0 Å². The van der Waals surface area contributed by atoms with E-state index in [4.69, 9.17) is 14.2 Å². The molecule has 0 bridgehead atoms. The molecular weight excluding hydrogens is 380 g/mol. The Morgan fingerprint density at radius 3 is 2.90 bits per heavy atom. The molecule has 30 heavy (non-hydrogen) atoms. The van der Waals surface area contributed by atoms with E-state index in [-0.39, 0.29) is 24.2 Å². The van der Waals surface area contributed by atoms with E-state index in [1.54, 1.807) is 6.08 Å². The molecule has 3 atom stereocenters. The zero-order valence-corrected chi connectivity index (χ0v) is 17.1. The van der Waals surface area contributed by atoms with Crippen LogP contribution in [0.5, 0.6) is 0 Å². The zero-order chi connectivity index (χ0) is 20.6. The Bertz CT molecular complexity index is 902. The molecule has 2 unspecified atom stereocenters. The van der Waals surface area contributed by atoms with Crippen molar-refractivity contribution in [3.63, 3.8) is 0 Å². The maximum absolute atomic E-state index is 12.9. The van der Waals surface area contributed by atoms with Crippen molar-refractivity contribution in [2.24, 2.45) is 0 Å². The van der Waals surface area contributed by atoms with E-state index in [2.05, 4.69) is 29.2 Å². The largest absolute Gasteiger partial charge is 0.445 e. The summed E-state index contributed by atoms with van der Waals surface area (Å²) in [7, 11) is 0. The van der Waals surface area contributed by atoms with Crippen molar-refractivity contribution < 1.29 is 14.1 Å². The second-order valence-corrected chi connectivity index (χ2v) is 8.74. The first-order chi connectivity index (χ1) is 14.7. The number of ether oxygens (including phenoxy) is 1. The topological polar surface area (TPSA) is 80.5 Å². The van der Waals surface area contributed by atoms with Crippen molar-refractivity contribution >= 4 is 6.09 Å². The van der Waals surface area contributed by atoms with Crippen LogP contribution in [0.25, 0.3) is 0 Å². The minimum absolute atomic E-state index is 0.146. The van der Waals surface area contributed by atoms with E-state index in [9.17, 15) is 4.79 Å². The molecular formula is C23H28N4O3. The second kappa shape index (κ2) is 7.87. The van der Waals surface area contributed by atoms with Crippen molar-refractivity contribution in [3.05, 3.63) is 60.3 Å². The Balaban J connectivity index is 1.33. The molecule has 7 heteroatoms. The third-order valence-corrected chi connectivity index (χ3v) is 6.60. The van der Waals surface area contributed by atoms with Gasteiger partial charge >= 0.3 is 6.09 Å². The quantitative estimate of drug-likeness (QED) is 0.675. The Morgan fingerprint density at radius 2 is 2.20 bits per heavy atom. The molecule has 0 spiro atoms. The summed E-state index contributed by atoms with van der Waals surface area (Å²) in [6.07, 6.45) is 5.22. The van der Waals surface area contributed by atoms with Crippen LogP contribution in [0, 0.1) is 0 Å². The van der Waals surface area contributed by atoms with Crippen LogP contribution in [0.15, 0.2) is 47.5 Å². The lowest BCUT2D eigenvalue weighted by Gasteiger charge is -2.26. The van der Waals surface area contributed by atoms with Gasteiger partial charge in [-0.25, -0.2) is 4.79 Å². The Morgan fingerprint density at radius 1 is 1.37 bits per heavy atom. The molecule has 3 fully saturated rings. The van der Waals surface area contributed by atoms with Crippen LogP contribution in [-0.4, -0.2) is 53.4 Å². The van der Waals surface area contributed by atoms with E-state index in [1.165, 1.54) is 5.56 Å². The van der Waals surface area contributed by atoms with Crippen molar-refractivity contribution in [2.75, 3.05) is 26.2 Å². The number of hydrogen-bond acceptors (Lipinski definition) is 6. The molecule has 2 aliphatic carbocycles. The average Bonchev–Trinajstić information content (AvgIpc) is 3.60. The lowest BCUT2D eigenvalue weighted by atomic mass is 10.0. The summed E-state index contributed by atoms with van der Waals surface area (Å²) >= 11 is 0. The SMILES string of the molecule is C=CCOC(=O)N(CC1(c2noc(C3CCNC3)n2)CC1)C1C[C@@H]1c1ccccc1. The second-order valence-electron chi connectivity index (χ2n) is 8.74. The molecule has 1 amide bonds. The Labute approximate surface area is 176 Å². The van der Waals surface area contributed by atoms with Gasteiger partial charge in [0.1, 0.15) is 6.61 Å². The third-order valence-electron chi connectivity index (χ3n) is 6.60. The predicted octanol–water partition coefficient (Wildman–Crippen LogP) is 3.36. The summed E-state index contributed by atoms with van der Waals surface area (Å²) in [5.74, 6) is 2.10. The summed E-state index contributed by atoms with van der Waals surface area (Å²) in [5.41, 5.74) is 1.05. The van der Waals surface area contributed by atoms with Crippen LogP contribution in [-0.2, 0) is 10.2 Å². The highest BCUT2D eigenvalue weighted by Gasteiger charge is 2.55.